The third kappa shape index (κ3) is 39.8. The van der Waals surface area contributed by atoms with Crippen LogP contribution < -0.4 is 0 Å². The van der Waals surface area contributed by atoms with E-state index in [9.17, 15) is 14.4 Å². The van der Waals surface area contributed by atoms with Crippen LogP contribution in [0.5, 0.6) is 0 Å². The first-order chi connectivity index (χ1) is 25.2. The van der Waals surface area contributed by atoms with Gasteiger partial charge in [-0.1, -0.05) is 176 Å². The number of carbonyl (C=O) groups is 3. The maximum atomic E-state index is 12.6. The van der Waals surface area contributed by atoms with Gasteiger partial charge in [0.25, 0.3) is 0 Å². The number of alkyl halides is 3. The molecule has 52 heavy (non-hydrogen) atoms. The highest BCUT2D eigenvalue weighted by molar-refractivity contribution is 6.67. The summed E-state index contributed by atoms with van der Waals surface area (Å²) in [5.41, 5.74) is 0. The normalized spacial score (nSPS) is 12.4. The molecule has 0 aromatic heterocycles. The van der Waals surface area contributed by atoms with Gasteiger partial charge in [-0.15, -0.1) is 0 Å². The zero-order chi connectivity index (χ0) is 38.4. The molecule has 304 valence electrons. The molecule has 0 saturated heterocycles. The predicted octanol–water partition coefficient (Wildman–Crippen LogP) is 14.0. The summed E-state index contributed by atoms with van der Waals surface area (Å²) in [6.45, 7) is 3.42. The summed E-state index contributed by atoms with van der Waals surface area (Å²) in [6, 6.07) is 0. The van der Waals surface area contributed by atoms with Gasteiger partial charge in [0, 0.05) is 12.8 Å². The summed E-state index contributed by atoms with van der Waals surface area (Å²) in [5.74, 6) is -0.816. The SMILES string of the molecule is CCCCCCCC/C=C\CCCCCCCC(=O)OC[C@H](COC(=O)OCC(Cl)(Cl)Cl)OC(=O)CCCCCCC/C=C\CCCCCCCC. The molecular formula is C42H73Cl3O7. The Morgan fingerprint density at radius 2 is 0.846 bits per heavy atom. The van der Waals surface area contributed by atoms with Crippen molar-refractivity contribution in [3.8, 4) is 0 Å². The monoisotopic (exact) mass is 794 g/mol. The largest absolute Gasteiger partial charge is 0.508 e. The van der Waals surface area contributed by atoms with E-state index in [1.165, 1.54) is 89.9 Å². The Hall–Kier alpha value is -1.44. The topological polar surface area (TPSA) is 88.1 Å². The molecule has 7 nitrogen and oxygen atoms in total. The second-order valence-electron chi connectivity index (χ2n) is 13.9. The molecule has 0 bridgehead atoms. The summed E-state index contributed by atoms with van der Waals surface area (Å²) in [5, 5.41) is 0. The highest BCUT2D eigenvalue weighted by Crippen LogP contribution is 2.26. The highest BCUT2D eigenvalue weighted by Gasteiger charge is 2.24. The number of hydrogen-bond donors (Lipinski definition) is 0. The Labute approximate surface area is 332 Å². The first-order valence-electron chi connectivity index (χ1n) is 20.7. The lowest BCUT2D eigenvalue weighted by atomic mass is 10.1. The highest BCUT2D eigenvalue weighted by atomic mass is 35.6. The average Bonchev–Trinajstić information content (AvgIpc) is 3.11. The molecule has 0 spiro atoms. The summed E-state index contributed by atoms with van der Waals surface area (Å²) < 4.78 is 18.9. The van der Waals surface area contributed by atoms with Gasteiger partial charge in [0.15, 0.2) is 6.10 Å². The molecule has 0 radical (unpaired) electrons. The molecule has 0 rings (SSSR count). The van der Waals surface area contributed by atoms with E-state index in [1.54, 1.807) is 0 Å². The van der Waals surface area contributed by atoms with Gasteiger partial charge in [-0.25, -0.2) is 4.79 Å². The Bertz CT molecular complexity index is 904. The summed E-state index contributed by atoms with van der Waals surface area (Å²) >= 11 is 16.8. The van der Waals surface area contributed by atoms with Crippen molar-refractivity contribution in [2.45, 2.75) is 204 Å². The third-order valence-electron chi connectivity index (χ3n) is 8.75. The number of esters is 2. The number of unbranched alkanes of at least 4 members (excludes halogenated alkanes) is 22. The maximum absolute atomic E-state index is 12.6. The van der Waals surface area contributed by atoms with Crippen LogP contribution >= 0.6 is 34.8 Å². The van der Waals surface area contributed by atoms with Crippen molar-refractivity contribution in [1.29, 1.82) is 0 Å². The van der Waals surface area contributed by atoms with E-state index in [4.69, 9.17) is 53.8 Å². The van der Waals surface area contributed by atoms with E-state index in [0.717, 1.165) is 70.6 Å². The molecule has 10 heteroatoms. The van der Waals surface area contributed by atoms with Crippen molar-refractivity contribution in [3.05, 3.63) is 24.3 Å². The lowest BCUT2D eigenvalue weighted by molar-refractivity contribution is -0.162. The van der Waals surface area contributed by atoms with Crippen molar-refractivity contribution in [2.75, 3.05) is 19.8 Å². The molecule has 0 aliphatic rings. The molecule has 0 aromatic rings. The zero-order valence-electron chi connectivity index (χ0n) is 32.8. The molecule has 0 N–H and O–H groups in total. The summed E-state index contributed by atoms with van der Waals surface area (Å²) in [6.07, 6.45) is 38.2. The smallest absolute Gasteiger partial charge is 0.462 e. The molecular weight excluding hydrogens is 723 g/mol. The van der Waals surface area contributed by atoms with Crippen molar-refractivity contribution in [2.24, 2.45) is 0 Å². The molecule has 1 atom stereocenters. The fourth-order valence-electron chi connectivity index (χ4n) is 5.64. The lowest BCUT2D eigenvalue weighted by Crippen LogP contribution is -2.31. The summed E-state index contributed by atoms with van der Waals surface area (Å²) in [7, 11) is 0. The Morgan fingerprint density at radius 3 is 1.27 bits per heavy atom. The standard InChI is InChI=1S/C42H73Cl3O7/c1-3-5-7-9-11-13-15-17-19-21-23-25-27-29-31-33-39(46)49-35-38(36-50-41(48)51-37-42(43,44)45)52-40(47)34-32-30-28-26-24-22-20-18-16-14-12-10-8-6-4-2/h17-20,38H,3-16,21-37H2,1-2H3/b19-17-,20-18-/t38-/m1/s1. The van der Waals surface area contributed by atoms with Crippen molar-refractivity contribution < 1.29 is 33.3 Å². The van der Waals surface area contributed by atoms with Gasteiger partial charge in [-0.05, 0) is 64.2 Å². The number of allylic oxidation sites excluding steroid dienone is 4. The number of ether oxygens (including phenoxy) is 4. The minimum absolute atomic E-state index is 0.222. The van der Waals surface area contributed by atoms with Gasteiger partial charge in [-0.2, -0.15) is 0 Å². The van der Waals surface area contributed by atoms with Crippen LogP contribution in [-0.4, -0.2) is 47.8 Å². The van der Waals surface area contributed by atoms with E-state index in [1.807, 2.05) is 0 Å². The Kier molecular flexibility index (Phi) is 36.8. The molecule has 0 unspecified atom stereocenters. The number of carbonyl (C=O) groups excluding carboxylic acids is 3. The molecule has 0 fully saturated rings. The molecule has 0 aliphatic carbocycles. The second kappa shape index (κ2) is 37.9. The molecule has 0 amide bonds. The second-order valence-corrected chi connectivity index (χ2v) is 16.4. The summed E-state index contributed by atoms with van der Waals surface area (Å²) in [4.78, 5) is 36.9. The van der Waals surface area contributed by atoms with E-state index in [-0.39, 0.29) is 32.0 Å². The van der Waals surface area contributed by atoms with Crippen LogP contribution in [0.2, 0.25) is 0 Å². The molecule has 0 aliphatic heterocycles. The Balaban J connectivity index is 4.23. The van der Waals surface area contributed by atoms with Crippen LogP contribution in [0.4, 0.5) is 4.79 Å². The van der Waals surface area contributed by atoms with Crippen molar-refractivity contribution >= 4 is 52.9 Å². The van der Waals surface area contributed by atoms with Gasteiger partial charge in [0.05, 0.1) is 0 Å². The maximum Gasteiger partial charge on any atom is 0.508 e. The van der Waals surface area contributed by atoms with Crippen molar-refractivity contribution in [1.82, 2.24) is 0 Å². The first kappa shape index (κ1) is 50.6. The van der Waals surface area contributed by atoms with Crippen LogP contribution in [0.1, 0.15) is 194 Å². The lowest BCUT2D eigenvalue weighted by Gasteiger charge is -2.18. The average molecular weight is 796 g/mol. The predicted molar refractivity (Wildman–Crippen MR) is 217 cm³/mol. The van der Waals surface area contributed by atoms with E-state index in [2.05, 4.69) is 38.2 Å². The van der Waals surface area contributed by atoms with Gasteiger partial charge in [0.1, 0.15) is 19.8 Å². The van der Waals surface area contributed by atoms with Crippen LogP contribution in [-0.2, 0) is 28.5 Å². The quantitative estimate of drug-likeness (QED) is 0.0205. The van der Waals surface area contributed by atoms with Gasteiger partial charge in [-0.3, -0.25) is 9.59 Å². The van der Waals surface area contributed by atoms with Gasteiger partial charge < -0.3 is 18.9 Å². The van der Waals surface area contributed by atoms with Crippen molar-refractivity contribution in [3.63, 3.8) is 0 Å². The van der Waals surface area contributed by atoms with E-state index in [0.29, 0.717) is 6.42 Å². The number of hydrogen-bond acceptors (Lipinski definition) is 7. The molecule has 0 heterocycles. The van der Waals surface area contributed by atoms with Crippen LogP contribution in [0, 0.1) is 0 Å². The van der Waals surface area contributed by atoms with Crippen LogP contribution in [0.3, 0.4) is 0 Å². The Morgan fingerprint density at radius 1 is 0.481 bits per heavy atom. The van der Waals surface area contributed by atoms with E-state index >= 15 is 0 Å². The minimum Gasteiger partial charge on any atom is -0.462 e. The molecule has 0 aromatic carbocycles. The number of rotatable bonds is 36. The third-order valence-corrected chi connectivity index (χ3v) is 9.08. The van der Waals surface area contributed by atoms with E-state index < -0.39 is 28.6 Å². The van der Waals surface area contributed by atoms with Crippen LogP contribution in [0.25, 0.3) is 0 Å². The molecule has 0 saturated carbocycles. The first-order valence-corrected chi connectivity index (χ1v) is 21.8. The number of halogens is 3. The van der Waals surface area contributed by atoms with Gasteiger partial charge >= 0.3 is 18.1 Å². The van der Waals surface area contributed by atoms with Gasteiger partial charge in [0.2, 0.25) is 3.79 Å². The fourth-order valence-corrected chi connectivity index (χ4v) is 5.81. The fraction of sp³-hybridized carbons (Fsp3) is 0.833. The minimum atomic E-state index is -1.78. The zero-order valence-corrected chi connectivity index (χ0v) is 35.1. The van der Waals surface area contributed by atoms with Crippen LogP contribution in [0.15, 0.2) is 24.3 Å².